The maximum atomic E-state index is 15.5. The number of nitrogens with two attached hydrogens (primary N) is 1. The van der Waals surface area contributed by atoms with Gasteiger partial charge in [0, 0.05) is 6.20 Å². The predicted octanol–water partition coefficient (Wildman–Crippen LogP) is 1.98. The molecule has 5 unspecified atom stereocenters. The lowest BCUT2D eigenvalue weighted by molar-refractivity contribution is -0.0952. The fourth-order valence-electron chi connectivity index (χ4n) is 3.66. The van der Waals surface area contributed by atoms with Gasteiger partial charge in [0.25, 0.3) is 0 Å². The summed E-state index contributed by atoms with van der Waals surface area (Å²) in [5.41, 5.74) is -0.101. The average molecular weight is 604 g/mol. The van der Waals surface area contributed by atoms with Crippen LogP contribution in [-0.2, 0) is 41.8 Å². The molecular formula is C20H28ClFN3O13P. The van der Waals surface area contributed by atoms with Crippen LogP contribution in [0.3, 0.4) is 0 Å². The number of hydrogen-bond acceptors (Lipinski definition) is 15. The summed E-state index contributed by atoms with van der Waals surface area (Å²) < 4.78 is 69.0. The SMILES string of the molecule is CC(C)OC(=O)OCOP(=O)(OCOC(=O)OC(C)C)OC1C2(CCl)OC(n3ccc(N)nc3=O)C(F)C12O. The van der Waals surface area contributed by atoms with Gasteiger partial charge < -0.3 is 34.5 Å². The highest BCUT2D eigenvalue weighted by atomic mass is 35.5. The Bertz CT molecular complexity index is 1140. The Labute approximate surface area is 225 Å². The first kappa shape index (κ1) is 31.0. The Balaban J connectivity index is 1.75. The van der Waals surface area contributed by atoms with Gasteiger partial charge in [-0.1, -0.05) is 0 Å². The number of fused-ring (bicyclic) bond motifs is 1. The molecule has 0 bridgehead atoms. The van der Waals surface area contributed by atoms with E-state index in [1.165, 1.54) is 6.07 Å². The molecule has 0 spiro atoms. The van der Waals surface area contributed by atoms with Crippen LogP contribution in [0.25, 0.3) is 0 Å². The monoisotopic (exact) mass is 603 g/mol. The Morgan fingerprint density at radius 1 is 1.21 bits per heavy atom. The number of phosphoric acid groups is 1. The van der Waals surface area contributed by atoms with Gasteiger partial charge in [-0.25, -0.2) is 32.4 Å². The van der Waals surface area contributed by atoms with E-state index in [9.17, 15) is 24.1 Å². The maximum Gasteiger partial charge on any atom is 0.510 e. The number of halogens is 2. The number of carbonyl (C=O) groups is 2. The maximum absolute atomic E-state index is 15.5. The van der Waals surface area contributed by atoms with Gasteiger partial charge in [-0.3, -0.25) is 9.09 Å². The lowest BCUT2D eigenvalue weighted by atomic mass is 10.1. The van der Waals surface area contributed by atoms with E-state index in [0.29, 0.717) is 0 Å². The molecule has 2 fully saturated rings. The van der Waals surface area contributed by atoms with E-state index >= 15 is 4.39 Å². The Kier molecular flexibility index (Phi) is 9.47. The van der Waals surface area contributed by atoms with E-state index in [4.69, 9.17) is 45.1 Å². The van der Waals surface area contributed by atoms with Gasteiger partial charge >= 0.3 is 25.8 Å². The second-order valence-electron chi connectivity index (χ2n) is 8.85. The highest BCUT2D eigenvalue weighted by Crippen LogP contribution is 2.69. The third-order valence-electron chi connectivity index (χ3n) is 5.42. The molecule has 1 aromatic rings. The highest BCUT2D eigenvalue weighted by molar-refractivity contribution is 7.48. The van der Waals surface area contributed by atoms with Crippen molar-refractivity contribution in [2.45, 2.75) is 69.6 Å². The lowest BCUT2D eigenvalue weighted by Gasteiger charge is -2.25. The average Bonchev–Trinajstić information content (AvgIpc) is 3.21. The minimum Gasteiger partial charge on any atom is -0.432 e. The first-order valence-corrected chi connectivity index (χ1v) is 13.4. The van der Waals surface area contributed by atoms with Gasteiger partial charge in [-0.15, -0.1) is 11.6 Å². The summed E-state index contributed by atoms with van der Waals surface area (Å²) >= 11 is 5.98. The van der Waals surface area contributed by atoms with Crippen molar-refractivity contribution >= 4 is 37.6 Å². The lowest BCUT2D eigenvalue weighted by Crippen LogP contribution is -2.38. The molecule has 1 saturated carbocycles. The van der Waals surface area contributed by atoms with Crippen LogP contribution >= 0.6 is 19.4 Å². The number of nitrogens with zero attached hydrogens (tertiary/aromatic N) is 2. The summed E-state index contributed by atoms with van der Waals surface area (Å²) in [5.74, 6) is -0.729. The van der Waals surface area contributed by atoms with Crippen LogP contribution in [0.5, 0.6) is 0 Å². The molecule has 2 aliphatic rings. The second kappa shape index (κ2) is 11.9. The summed E-state index contributed by atoms with van der Waals surface area (Å²) in [6, 6.07) is 1.21. The molecule has 39 heavy (non-hydrogen) atoms. The fourth-order valence-corrected chi connectivity index (χ4v) is 5.22. The molecule has 1 aromatic heterocycles. The standard InChI is InChI=1S/C20H28ClFN3O13P/c1-10(2)35-17(27)31-8-33-39(30,34-9-32-18(28)36-11(3)4)38-15-19(7-21)20(15,29)13(22)14(37-19)25-6-5-12(23)24-16(25)26/h5-6,10-11,13-15,29H,7-9H2,1-4H3,(H2,23,24,26). The van der Waals surface area contributed by atoms with Crippen molar-refractivity contribution in [1.29, 1.82) is 0 Å². The zero-order valence-electron chi connectivity index (χ0n) is 21.2. The number of nitrogen functional groups attached to an aromatic ring is 1. The Morgan fingerprint density at radius 2 is 1.74 bits per heavy atom. The highest BCUT2D eigenvalue weighted by Gasteiger charge is 2.90. The summed E-state index contributed by atoms with van der Waals surface area (Å²) in [6.07, 6.45) is -8.19. The number of anilines is 1. The van der Waals surface area contributed by atoms with Crippen molar-refractivity contribution in [1.82, 2.24) is 9.55 Å². The molecule has 16 nitrogen and oxygen atoms in total. The smallest absolute Gasteiger partial charge is 0.432 e. The summed E-state index contributed by atoms with van der Waals surface area (Å²) in [5, 5.41) is 11.1. The van der Waals surface area contributed by atoms with E-state index in [2.05, 4.69) is 14.5 Å². The van der Waals surface area contributed by atoms with E-state index < -0.39 is 87.2 Å². The molecule has 1 aliphatic carbocycles. The first-order chi connectivity index (χ1) is 18.2. The minimum atomic E-state index is -4.91. The molecule has 3 N–H and O–H groups in total. The number of hydrogen-bond donors (Lipinski definition) is 2. The molecule has 220 valence electrons. The van der Waals surface area contributed by atoms with Crippen LogP contribution in [0.1, 0.15) is 33.9 Å². The predicted molar refractivity (Wildman–Crippen MR) is 126 cm³/mol. The van der Waals surface area contributed by atoms with Crippen molar-refractivity contribution in [2.75, 3.05) is 25.2 Å². The van der Waals surface area contributed by atoms with E-state index in [1.54, 1.807) is 27.7 Å². The van der Waals surface area contributed by atoms with E-state index in [0.717, 1.165) is 10.8 Å². The first-order valence-electron chi connectivity index (χ1n) is 11.4. The number of alkyl halides is 2. The minimum absolute atomic E-state index is 0.129. The van der Waals surface area contributed by atoms with E-state index in [1.807, 2.05) is 0 Å². The zero-order chi connectivity index (χ0) is 29.2. The fraction of sp³-hybridized carbons (Fsp3) is 0.700. The largest absolute Gasteiger partial charge is 0.510 e. The third-order valence-corrected chi connectivity index (χ3v) is 7.13. The van der Waals surface area contributed by atoms with Gasteiger partial charge in [-0.05, 0) is 33.8 Å². The third kappa shape index (κ3) is 6.45. The molecule has 1 aliphatic heterocycles. The molecule has 19 heteroatoms. The topological polar surface area (TPSA) is 206 Å². The molecule has 0 aromatic carbocycles. The number of phosphoric ester groups is 1. The Morgan fingerprint density at radius 3 is 2.18 bits per heavy atom. The number of aromatic nitrogens is 2. The van der Waals surface area contributed by atoms with Crippen molar-refractivity contribution in [3.63, 3.8) is 0 Å². The summed E-state index contributed by atoms with van der Waals surface area (Å²) in [7, 11) is -4.91. The zero-order valence-corrected chi connectivity index (χ0v) is 22.8. The quantitative estimate of drug-likeness (QED) is 0.151. The van der Waals surface area contributed by atoms with Gasteiger partial charge in [0.15, 0.2) is 18.0 Å². The van der Waals surface area contributed by atoms with Crippen LogP contribution < -0.4 is 11.4 Å². The normalized spacial score (nSPS) is 27.8. The van der Waals surface area contributed by atoms with Crippen molar-refractivity contribution < 1.29 is 60.9 Å². The summed E-state index contributed by atoms with van der Waals surface area (Å²) in [4.78, 5) is 38.9. The van der Waals surface area contributed by atoms with Crippen molar-refractivity contribution in [3.8, 4) is 0 Å². The number of ether oxygens (including phenoxy) is 5. The second-order valence-corrected chi connectivity index (χ2v) is 10.7. The molecule has 1 saturated heterocycles. The Hall–Kier alpha value is -2.53. The van der Waals surface area contributed by atoms with Gasteiger partial charge in [0.1, 0.15) is 17.5 Å². The molecule has 0 amide bonds. The van der Waals surface area contributed by atoms with Crippen LogP contribution in [0.15, 0.2) is 17.1 Å². The van der Waals surface area contributed by atoms with Crippen molar-refractivity contribution in [2.24, 2.45) is 0 Å². The molecule has 3 rings (SSSR count). The van der Waals surface area contributed by atoms with Gasteiger partial charge in [-0.2, -0.15) is 4.98 Å². The van der Waals surface area contributed by atoms with Crippen molar-refractivity contribution in [3.05, 3.63) is 22.7 Å². The summed E-state index contributed by atoms with van der Waals surface area (Å²) in [6.45, 7) is 4.07. The molecule has 0 radical (unpaired) electrons. The van der Waals surface area contributed by atoms with Crippen LogP contribution in [0.4, 0.5) is 19.8 Å². The number of rotatable bonds is 12. The van der Waals surface area contributed by atoms with Crippen LogP contribution in [0, 0.1) is 0 Å². The molecular weight excluding hydrogens is 576 g/mol. The number of aliphatic hydroxyl groups is 1. The van der Waals surface area contributed by atoms with Gasteiger partial charge in [0.05, 0.1) is 18.1 Å². The van der Waals surface area contributed by atoms with Crippen LogP contribution in [0.2, 0.25) is 0 Å². The molecule has 5 atom stereocenters. The molecule has 2 heterocycles. The number of carbonyl (C=O) groups excluding carboxylic acids is 2. The van der Waals surface area contributed by atoms with Gasteiger partial charge in [0.2, 0.25) is 13.6 Å². The van der Waals surface area contributed by atoms with E-state index in [-0.39, 0.29) is 5.82 Å². The van der Waals surface area contributed by atoms with Crippen LogP contribution in [-0.4, -0.2) is 82.1 Å².